The topological polar surface area (TPSA) is 56.7 Å². The molecule has 25 heavy (non-hydrogen) atoms. The Labute approximate surface area is 157 Å². The summed E-state index contributed by atoms with van der Waals surface area (Å²) in [5, 5.41) is 6.16. The molecule has 2 aromatic carbocycles. The molecule has 0 radical (unpaired) electrons. The number of hydrogen-bond donors (Lipinski definition) is 2. The maximum atomic E-state index is 12.0. The Kier molecular flexibility index (Phi) is 7.47. The molecule has 2 rings (SSSR count). The molecule has 0 aliphatic carbocycles. The Morgan fingerprint density at radius 2 is 1.68 bits per heavy atom. The van der Waals surface area contributed by atoms with E-state index >= 15 is 0 Å². The summed E-state index contributed by atoms with van der Waals surface area (Å²) in [6.07, 6.45) is 0. The highest BCUT2D eigenvalue weighted by molar-refractivity contribution is 9.10. The van der Waals surface area contributed by atoms with E-state index in [1.165, 1.54) is 5.56 Å². The van der Waals surface area contributed by atoms with Gasteiger partial charge in [0.25, 0.3) is 5.91 Å². The van der Waals surface area contributed by atoms with Gasteiger partial charge in [-0.15, -0.1) is 0 Å². The number of nitrogens with one attached hydrogen (secondary N) is 2. The Morgan fingerprint density at radius 1 is 1.04 bits per heavy atom. The Balaban J connectivity index is 1.78. The molecule has 0 fully saturated rings. The zero-order valence-electron chi connectivity index (χ0n) is 14.5. The van der Waals surface area contributed by atoms with Crippen LogP contribution in [-0.4, -0.2) is 44.0 Å². The second kappa shape index (κ2) is 9.84. The van der Waals surface area contributed by atoms with Crippen molar-refractivity contribution in [3.63, 3.8) is 0 Å². The van der Waals surface area contributed by atoms with Crippen molar-refractivity contribution in [3.8, 4) is 0 Å². The lowest BCUT2D eigenvalue weighted by molar-refractivity contribution is 0.0954. The lowest BCUT2D eigenvalue weighted by atomic mass is 10.2. The first-order valence-electron chi connectivity index (χ1n) is 8.10. The maximum absolute atomic E-state index is 12.0. The van der Waals surface area contributed by atoms with Crippen LogP contribution in [0.5, 0.6) is 0 Å². The molecule has 6 heteroatoms. The van der Waals surface area contributed by atoms with Crippen molar-refractivity contribution >= 4 is 27.8 Å². The second-order valence-electron chi connectivity index (χ2n) is 5.54. The Hall–Kier alpha value is -2.34. The van der Waals surface area contributed by atoms with E-state index in [2.05, 4.69) is 37.6 Å². The van der Waals surface area contributed by atoms with Gasteiger partial charge in [0.2, 0.25) is 0 Å². The number of halogens is 1. The van der Waals surface area contributed by atoms with Crippen molar-refractivity contribution in [2.24, 2.45) is 4.99 Å². The molecular weight excluding hydrogens is 380 g/mol. The van der Waals surface area contributed by atoms with Gasteiger partial charge in [-0.25, -0.2) is 0 Å². The monoisotopic (exact) mass is 402 g/mol. The van der Waals surface area contributed by atoms with E-state index in [0.29, 0.717) is 18.7 Å². The highest BCUT2D eigenvalue weighted by atomic mass is 79.9. The fourth-order valence-corrected chi connectivity index (χ4v) is 2.79. The first-order valence-corrected chi connectivity index (χ1v) is 8.89. The first-order chi connectivity index (χ1) is 12.1. The average molecular weight is 403 g/mol. The lowest BCUT2D eigenvalue weighted by Gasteiger charge is -2.22. The highest BCUT2D eigenvalue weighted by Gasteiger charge is 2.08. The molecule has 0 heterocycles. The molecule has 1 amide bonds. The number of hydrogen-bond acceptors (Lipinski definition) is 2. The van der Waals surface area contributed by atoms with Crippen LogP contribution >= 0.6 is 15.9 Å². The summed E-state index contributed by atoms with van der Waals surface area (Å²) in [5.74, 6) is 0.712. The SMILES string of the molecule is CN=C(NCCNC(=O)c1ccccc1)N(C)Cc1ccccc1Br. The van der Waals surface area contributed by atoms with Crippen molar-refractivity contribution in [3.05, 3.63) is 70.2 Å². The maximum Gasteiger partial charge on any atom is 0.251 e. The van der Waals surface area contributed by atoms with Crippen LogP contribution in [0.3, 0.4) is 0 Å². The predicted octanol–water partition coefficient (Wildman–Crippen LogP) is 2.89. The van der Waals surface area contributed by atoms with E-state index in [1.54, 1.807) is 19.2 Å². The van der Waals surface area contributed by atoms with Crippen LogP contribution in [0.2, 0.25) is 0 Å². The van der Waals surface area contributed by atoms with Gasteiger partial charge < -0.3 is 15.5 Å². The predicted molar refractivity (Wildman–Crippen MR) is 106 cm³/mol. The van der Waals surface area contributed by atoms with E-state index in [-0.39, 0.29) is 5.91 Å². The minimum atomic E-state index is -0.0704. The highest BCUT2D eigenvalue weighted by Crippen LogP contribution is 2.17. The third kappa shape index (κ3) is 5.90. The third-order valence-corrected chi connectivity index (χ3v) is 4.44. The summed E-state index contributed by atoms with van der Waals surface area (Å²) in [6.45, 7) is 1.86. The van der Waals surface area contributed by atoms with E-state index in [0.717, 1.165) is 17.0 Å². The molecule has 0 aliphatic rings. The smallest absolute Gasteiger partial charge is 0.251 e. The van der Waals surface area contributed by atoms with Crippen LogP contribution < -0.4 is 10.6 Å². The molecule has 132 valence electrons. The molecule has 0 aromatic heterocycles. The Morgan fingerprint density at radius 3 is 2.36 bits per heavy atom. The summed E-state index contributed by atoms with van der Waals surface area (Å²) in [7, 11) is 3.73. The number of aliphatic imine (C=N–C) groups is 1. The van der Waals surface area contributed by atoms with Crippen LogP contribution in [0.1, 0.15) is 15.9 Å². The molecule has 0 bridgehead atoms. The minimum absolute atomic E-state index is 0.0704. The van der Waals surface area contributed by atoms with Gasteiger partial charge in [-0.1, -0.05) is 52.3 Å². The summed E-state index contributed by atoms with van der Waals surface area (Å²) in [4.78, 5) is 18.3. The summed E-state index contributed by atoms with van der Waals surface area (Å²) < 4.78 is 1.08. The average Bonchev–Trinajstić information content (AvgIpc) is 2.64. The number of guanidine groups is 1. The molecule has 0 saturated carbocycles. The second-order valence-corrected chi connectivity index (χ2v) is 6.40. The van der Waals surface area contributed by atoms with Gasteiger partial charge in [0.15, 0.2) is 5.96 Å². The number of benzene rings is 2. The van der Waals surface area contributed by atoms with Crippen LogP contribution in [0.15, 0.2) is 64.1 Å². The van der Waals surface area contributed by atoms with Gasteiger partial charge in [0.1, 0.15) is 0 Å². The van der Waals surface area contributed by atoms with Gasteiger partial charge >= 0.3 is 0 Å². The molecule has 5 nitrogen and oxygen atoms in total. The van der Waals surface area contributed by atoms with E-state index in [9.17, 15) is 4.79 Å². The minimum Gasteiger partial charge on any atom is -0.354 e. The zero-order valence-corrected chi connectivity index (χ0v) is 16.1. The van der Waals surface area contributed by atoms with E-state index in [1.807, 2.05) is 48.3 Å². The molecule has 0 saturated heterocycles. The molecule has 0 unspecified atom stereocenters. The molecule has 2 N–H and O–H groups in total. The number of nitrogens with zero attached hydrogens (tertiary/aromatic N) is 2. The van der Waals surface area contributed by atoms with Crippen molar-refractivity contribution in [2.75, 3.05) is 27.2 Å². The van der Waals surface area contributed by atoms with E-state index in [4.69, 9.17) is 0 Å². The third-order valence-electron chi connectivity index (χ3n) is 3.67. The fourth-order valence-electron chi connectivity index (χ4n) is 2.38. The zero-order chi connectivity index (χ0) is 18.1. The van der Waals surface area contributed by atoms with Gasteiger partial charge in [0, 0.05) is 43.8 Å². The van der Waals surface area contributed by atoms with Gasteiger partial charge in [0.05, 0.1) is 0 Å². The summed E-state index contributed by atoms with van der Waals surface area (Å²) in [6, 6.07) is 17.3. The van der Waals surface area contributed by atoms with Crippen molar-refractivity contribution < 1.29 is 4.79 Å². The summed E-state index contributed by atoms with van der Waals surface area (Å²) in [5.41, 5.74) is 1.85. The fraction of sp³-hybridized carbons (Fsp3) is 0.263. The first kappa shape index (κ1) is 19.0. The van der Waals surface area contributed by atoms with E-state index < -0.39 is 0 Å². The number of carbonyl (C=O) groups is 1. The largest absolute Gasteiger partial charge is 0.354 e. The molecule has 2 aromatic rings. The van der Waals surface area contributed by atoms with Crippen molar-refractivity contribution in [2.45, 2.75) is 6.54 Å². The number of rotatable bonds is 6. The van der Waals surface area contributed by atoms with Crippen molar-refractivity contribution in [1.82, 2.24) is 15.5 Å². The molecule has 0 spiro atoms. The standard InChI is InChI=1S/C19H23BrN4O/c1-21-19(24(2)14-16-10-6-7-11-17(16)20)23-13-12-22-18(25)15-8-4-3-5-9-15/h3-11H,12-14H2,1-2H3,(H,21,23)(H,22,25). The molecular formula is C19H23BrN4O. The Bertz CT molecular complexity index is 718. The van der Waals surface area contributed by atoms with Crippen LogP contribution in [0.4, 0.5) is 0 Å². The van der Waals surface area contributed by atoms with Gasteiger partial charge in [-0.2, -0.15) is 0 Å². The number of carbonyl (C=O) groups excluding carboxylic acids is 1. The van der Waals surface area contributed by atoms with Crippen LogP contribution in [-0.2, 0) is 6.54 Å². The molecule has 0 atom stereocenters. The van der Waals surface area contributed by atoms with Gasteiger partial charge in [-0.05, 0) is 23.8 Å². The van der Waals surface area contributed by atoms with Crippen LogP contribution in [0, 0.1) is 0 Å². The quantitative estimate of drug-likeness (QED) is 0.443. The number of amides is 1. The van der Waals surface area contributed by atoms with Gasteiger partial charge in [-0.3, -0.25) is 9.79 Å². The molecule has 0 aliphatic heterocycles. The van der Waals surface area contributed by atoms with Crippen LogP contribution in [0.25, 0.3) is 0 Å². The summed E-state index contributed by atoms with van der Waals surface area (Å²) >= 11 is 3.56. The normalized spacial score (nSPS) is 11.1. The van der Waals surface area contributed by atoms with Crippen molar-refractivity contribution in [1.29, 1.82) is 0 Å². The lowest BCUT2D eigenvalue weighted by Crippen LogP contribution is -2.42.